The van der Waals surface area contributed by atoms with Gasteiger partial charge >= 0.3 is 6.18 Å². The molecular weight excluding hydrogens is 445 g/mol. The van der Waals surface area contributed by atoms with Gasteiger partial charge in [-0.1, -0.05) is 23.7 Å². The molecule has 5 rings (SSSR count). The van der Waals surface area contributed by atoms with E-state index in [1.807, 2.05) is 0 Å². The summed E-state index contributed by atoms with van der Waals surface area (Å²) in [4.78, 5) is 4.36. The number of hydroxylamine groups is 1. The predicted octanol–water partition coefficient (Wildman–Crippen LogP) is 4.39. The smallest absolute Gasteiger partial charge is 0.423 e. The minimum atomic E-state index is -5.06. The van der Waals surface area contributed by atoms with Crippen LogP contribution in [0, 0.1) is 12.1 Å². The quantitative estimate of drug-likeness (QED) is 0.491. The number of aryl methyl sites for hydroxylation is 1. The summed E-state index contributed by atoms with van der Waals surface area (Å²) >= 11 is 6.07. The number of benzene rings is 2. The SMILES string of the molecule is Cc1ccc2c([NH+]([O-])[C@H]3c4ccc(Cl)c(O)c4C4(CC4)C[C@@]3(O)C(F)(F)F)cccc2n1. The van der Waals surface area contributed by atoms with E-state index in [2.05, 4.69) is 4.98 Å². The lowest BCUT2D eigenvalue weighted by Crippen LogP contribution is -3.06. The minimum Gasteiger partial charge on any atom is -0.628 e. The maximum atomic E-state index is 14.4. The number of nitrogens with one attached hydrogen (secondary N) is 1. The third-order valence-electron chi connectivity index (χ3n) is 6.83. The Balaban J connectivity index is 1.77. The third kappa shape index (κ3) is 2.94. The molecule has 0 radical (unpaired) electrons. The van der Waals surface area contributed by atoms with Gasteiger partial charge in [0, 0.05) is 34.7 Å². The number of aliphatic hydroxyl groups is 1. The number of fused-ring (bicyclic) bond motifs is 3. The number of phenolic OH excluding ortho intramolecular Hbond substituents is 1. The highest BCUT2D eigenvalue weighted by atomic mass is 35.5. The Bertz CT molecular complexity index is 1250. The zero-order valence-electron chi connectivity index (χ0n) is 17.0. The van der Waals surface area contributed by atoms with Crippen molar-refractivity contribution >= 4 is 28.2 Å². The van der Waals surface area contributed by atoms with E-state index in [0.717, 1.165) is 0 Å². The van der Waals surface area contributed by atoms with E-state index in [0.29, 0.717) is 29.4 Å². The summed E-state index contributed by atoms with van der Waals surface area (Å²) in [6.45, 7) is 1.77. The molecule has 0 bridgehead atoms. The van der Waals surface area contributed by atoms with Crippen molar-refractivity contribution in [2.24, 2.45) is 0 Å². The van der Waals surface area contributed by atoms with Crippen LogP contribution in [0.15, 0.2) is 42.5 Å². The molecule has 2 aliphatic carbocycles. The number of hydrogen-bond acceptors (Lipinski definition) is 4. The zero-order chi connectivity index (χ0) is 23.1. The van der Waals surface area contributed by atoms with Gasteiger partial charge in [-0.05, 0) is 44.0 Å². The first-order valence-electron chi connectivity index (χ1n) is 10.2. The highest BCUT2D eigenvalue weighted by molar-refractivity contribution is 6.32. The summed E-state index contributed by atoms with van der Waals surface area (Å²) < 4.78 is 43.1. The molecule has 3 N–H and O–H groups in total. The number of aromatic hydroxyl groups is 1. The normalized spacial score (nSPS) is 25.0. The van der Waals surface area contributed by atoms with Crippen molar-refractivity contribution in [1.29, 1.82) is 0 Å². The van der Waals surface area contributed by atoms with Crippen molar-refractivity contribution < 1.29 is 28.4 Å². The second kappa shape index (κ2) is 6.81. The first-order chi connectivity index (χ1) is 15.0. The Hall–Kier alpha value is -2.39. The number of halogens is 4. The Morgan fingerprint density at radius 3 is 2.53 bits per heavy atom. The Labute approximate surface area is 186 Å². The van der Waals surface area contributed by atoms with E-state index in [9.17, 15) is 28.6 Å². The average Bonchev–Trinajstić information content (AvgIpc) is 3.48. The van der Waals surface area contributed by atoms with E-state index in [4.69, 9.17) is 11.6 Å². The lowest BCUT2D eigenvalue weighted by atomic mass is 9.68. The largest absolute Gasteiger partial charge is 0.628 e. The molecule has 1 unspecified atom stereocenters. The molecule has 32 heavy (non-hydrogen) atoms. The Morgan fingerprint density at radius 2 is 1.88 bits per heavy atom. The second-order valence-corrected chi connectivity index (χ2v) is 9.27. The fourth-order valence-electron chi connectivity index (χ4n) is 5.17. The number of nitrogens with zero attached hydrogens (tertiary/aromatic N) is 1. The molecule has 9 heteroatoms. The third-order valence-corrected chi connectivity index (χ3v) is 7.14. The van der Waals surface area contributed by atoms with E-state index in [1.165, 1.54) is 18.2 Å². The second-order valence-electron chi connectivity index (χ2n) is 8.86. The van der Waals surface area contributed by atoms with Crippen LogP contribution in [0.4, 0.5) is 18.9 Å². The molecule has 2 aliphatic rings. The van der Waals surface area contributed by atoms with E-state index in [1.54, 1.807) is 31.2 Å². The van der Waals surface area contributed by atoms with Gasteiger partial charge < -0.3 is 20.5 Å². The first-order valence-corrected chi connectivity index (χ1v) is 10.6. The lowest BCUT2D eigenvalue weighted by molar-refractivity contribution is -0.828. The van der Waals surface area contributed by atoms with Crippen molar-refractivity contribution in [3.63, 3.8) is 0 Å². The van der Waals surface area contributed by atoms with Crippen LogP contribution in [-0.4, -0.2) is 27.0 Å². The Morgan fingerprint density at radius 1 is 1.16 bits per heavy atom. The van der Waals surface area contributed by atoms with Gasteiger partial charge in [-0.15, -0.1) is 0 Å². The molecule has 1 spiro atoms. The number of alkyl halides is 3. The van der Waals surface area contributed by atoms with Gasteiger partial charge in [0.2, 0.25) is 5.60 Å². The first kappa shape index (κ1) is 21.5. The number of aromatic nitrogens is 1. The predicted molar refractivity (Wildman–Crippen MR) is 113 cm³/mol. The molecule has 3 atom stereocenters. The number of quaternary nitrogens is 1. The van der Waals surface area contributed by atoms with Gasteiger partial charge in [0.1, 0.15) is 11.4 Å². The van der Waals surface area contributed by atoms with Gasteiger partial charge in [-0.25, -0.2) is 0 Å². The molecular formula is C23H20ClF3N2O3. The average molecular weight is 465 g/mol. The van der Waals surface area contributed by atoms with Crippen molar-refractivity contribution in [2.45, 2.75) is 49.4 Å². The van der Waals surface area contributed by atoms with Gasteiger partial charge in [0.15, 0.2) is 6.04 Å². The van der Waals surface area contributed by atoms with Crippen molar-refractivity contribution in [2.75, 3.05) is 0 Å². The van der Waals surface area contributed by atoms with Crippen LogP contribution >= 0.6 is 11.6 Å². The van der Waals surface area contributed by atoms with Crippen molar-refractivity contribution in [3.8, 4) is 5.75 Å². The van der Waals surface area contributed by atoms with Crippen LogP contribution < -0.4 is 5.06 Å². The molecule has 0 aliphatic heterocycles. The molecule has 3 aromatic rings. The van der Waals surface area contributed by atoms with Crippen LogP contribution in [0.25, 0.3) is 10.9 Å². The monoisotopic (exact) mass is 464 g/mol. The van der Waals surface area contributed by atoms with Gasteiger partial charge in [0.25, 0.3) is 0 Å². The number of pyridine rings is 1. The molecule has 1 fully saturated rings. The highest BCUT2D eigenvalue weighted by Crippen LogP contribution is 2.65. The van der Waals surface area contributed by atoms with Gasteiger partial charge in [-0.3, -0.25) is 4.98 Å². The van der Waals surface area contributed by atoms with Crippen LogP contribution in [0.5, 0.6) is 5.75 Å². The number of hydrogen-bond donors (Lipinski definition) is 3. The minimum absolute atomic E-state index is 0.00325. The van der Waals surface area contributed by atoms with Crippen LogP contribution in [-0.2, 0) is 5.41 Å². The molecule has 1 aromatic heterocycles. The maximum Gasteiger partial charge on any atom is 0.423 e. The summed E-state index contributed by atoms with van der Waals surface area (Å²) in [5.41, 5.74) is -2.91. The lowest BCUT2D eigenvalue weighted by Gasteiger charge is -2.48. The topological polar surface area (TPSA) is 80.9 Å². The molecule has 0 amide bonds. The van der Waals surface area contributed by atoms with E-state index in [-0.39, 0.29) is 27.6 Å². The maximum absolute atomic E-state index is 14.4. The fourth-order valence-corrected chi connectivity index (χ4v) is 5.33. The highest BCUT2D eigenvalue weighted by Gasteiger charge is 2.71. The molecule has 168 valence electrons. The molecule has 1 saturated carbocycles. The van der Waals surface area contributed by atoms with Crippen molar-refractivity contribution in [3.05, 3.63) is 69.5 Å². The van der Waals surface area contributed by atoms with Crippen molar-refractivity contribution in [1.82, 2.24) is 4.98 Å². The summed E-state index contributed by atoms with van der Waals surface area (Å²) in [5, 5.41) is 35.0. The molecule has 2 aromatic carbocycles. The summed E-state index contributed by atoms with van der Waals surface area (Å²) in [6, 6.07) is 8.63. The fraction of sp³-hybridized carbons (Fsp3) is 0.348. The van der Waals surface area contributed by atoms with Crippen LogP contribution in [0.2, 0.25) is 5.02 Å². The van der Waals surface area contributed by atoms with Gasteiger partial charge in [-0.2, -0.15) is 13.2 Å². The van der Waals surface area contributed by atoms with Crippen LogP contribution in [0.3, 0.4) is 0 Å². The zero-order valence-corrected chi connectivity index (χ0v) is 17.8. The summed E-state index contributed by atoms with van der Waals surface area (Å²) in [5.74, 6) is -0.320. The number of phenols is 1. The summed E-state index contributed by atoms with van der Waals surface area (Å²) in [7, 11) is 0. The molecule has 1 heterocycles. The standard InChI is InChI=1S/C23H20ClF3N2O3/c1-12-5-6-13-16(28-12)3-2-4-17(13)29(32)20-14-7-8-15(24)19(30)18(14)21(9-10-21)11-22(20,31)23(25,26)27/h2-8,20,29-31H,9-11H2,1H3/t20-,22-/m0/s1. The summed E-state index contributed by atoms with van der Waals surface area (Å²) in [6.07, 6.45) is -5.03. The van der Waals surface area contributed by atoms with E-state index < -0.39 is 34.7 Å². The number of rotatable bonds is 2. The van der Waals surface area contributed by atoms with E-state index >= 15 is 0 Å². The van der Waals surface area contributed by atoms with Crippen LogP contribution in [0.1, 0.15) is 42.1 Å². The molecule has 5 nitrogen and oxygen atoms in total. The molecule has 0 saturated heterocycles. The Kier molecular flexibility index (Phi) is 4.56. The van der Waals surface area contributed by atoms with Gasteiger partial charge in [0.05, 0.1) is 15.9 Å².